The van der Waals surface area contributed by atoms with Crippen molar-refractivity contribution in [2.45, 2.75) is 13.0 Å². The van der Waals surface area contributed by atoms with Crippen LogP contribution in [0.15, 0.2) is 72.9 Å². The van der Waals surface area contributed by atoms with E-state index >= 15 is 0 Å². The molecule has 0 unspecified atom stereocenters. The van der Waals surface area contributed by atoms with Gasteiger partial charge in [-0.05, 0) is 61.0 Å². The van der Waals surface area contributed by atoms with Crippen LogP contribution < -0.4 is 10.1 Å². The Hall–Kier alpha value is -3.97. The van der Waals surface area contributed by atoms with Gasteiger partial charge in [-0.1, -0.05) is 24.3 Å². The van der Waals surface area contributed by atoms with E-state index in [0.29, 0.717) is 34.9 Å². The van der Waals surface area contributed by atoms with Crippen molar-refractivity contribution in [1.29, 1.82) is 0 Å². The van der Waals surface area contributed by atoms with Crippen LogP contribution in [-0.2, 0) is 13.0 Å². The third kappa shape index (κ3) is 4.56. The van der Waals surface area contributed by atoms with Crippen molar-refractivity contribution in [2.75, 3.05) is 13.7 Å². The maximum atomic E-state index is 13.9. The number of hydrogen-bond donors (Lipinski definition) is 3. The Bertz CT molecular complexity index is 1380. The molecule has 5 rings (SSSR count). The largest absolute Gasteiger partial charge is 0.497 e. The van der Waals surface area contributed by atoms with Crippen molar-refractivity contribution in [2.24, 2.45) is 0 Å². The van der Waals surface area contributed by atoms with Crippen LogP contribution in [0.2, 0.25) is 0 Å². The van der Waals surface area contributed by atoms with E-state index in [9.17, 15) is 8.78 Å². The number of hydrogen-bond acceptors (Lipinski definition) is 3. The number of rotatable bonds is 8. The molecule has 0 saturated carbocycles. The van der Waals surface area contributed by atoms with Crippen LogP contribution in [0.1, 0.15) is 11.4 Å². The van der Waals surface area contributed by atoms with Crippen molar-refractivity contribution in [3.63, 3.8) is 0 Å². The second kappa shape index (κ2) is 9.49. The Morgan fingerprint density at radius 2 is 1.71 bits per heavy atom. The number of ether oxygens (including phenoxy) is 1. The first-order chi connectivity index (χ1) is 16.6. The van der Waals surface area contributed by atoms with Gasteiger partial charge in [0.1, 0.15) is 23.2 Å². The van der Waals surface area contributed by atoms with E-state index in [1.807, 2.05) is 30.5 Å². The minimum Gasteiger partial charge on any atom is -0.497 e. The van der Waals surface area contributed by atoms with Gasteiger partial charge < -0.3 is 20.0 Å². The second-order valence-electron chi connectivity index (χ2n) is 8.08. The molecule has 0 fully saturated rings. The zero-order chi connectivity index (χ0) is 23.5. The fourth-order valence-corrected chi connectivity index (χ4v) is 4.12. The number of H-pyrrole nitrogens is 2. The smallest absolute Gasteiger partial charge is 0.123 e. The molecule has 2 aromatic heterocycles. The summed E-state index contributed by atoms with van der Waals surface area (Å²) in [4.78, 5) is 11.3. The Morgan fingerprint density at radius 1 is 0.941 bits per heavy atom. The van der Waals surface area contributed by atoms with Crippen LogP contribution >= 0.6 is 0 Å². The summed E-state index contributed by atoms with van der Waals surface area (Å²) in [7, 11) is 1.66. The van der Waals surface area contributed by atoms with Gasteiger partial charge in [-0.15, -0.1) is 0 Å². The molecule has 5 aromatic rings. The Morgan fingerprint density at radius 3 is 2.47 bits per heavy atom. The molecule has 0 spiro atoms. The summed E-state index contributed by atoms with van der Waals surface area (Å²) in [6, 6.07) is 18.5. The standard InChI is InChI=1S/C27H24F2N4O/c1-34-22-8-9-24-23(14-22)19(15-31-24)10-11-30-16-25-32-26(17-4-2-6-20(28)12-17)27(33-25)18-5-3-7-21(29)13-18/h2-9,12-15,30-31H,10-11,16H2,1H3,(H,32,33). The van der Waals surface area contributed by atoms with Gasteiger partial charge in [0.15, 0.2) is 0 Å². The highest BCUT2D eigenvalue weighted by molar-refractivity contribution is 5.84. The summed E-state index contributed by atoms with van der Waals surface area (Å²) in [6.07, 6.45) is 2.84. The number of methoxy groups -OCH3 is 1. The van der Waals surface area contributed by atoms with Gasteiger partial charge in [-0.2, -0.15) is 0 Å². The quantitative estimate of drug-likeness (QED) is 0.256. The minimum atomic E-state index is -0.347. The number of aromatic nitrogens is 3. The van der Waals surface area contributed by atoms with Crippen LogP contribution in [0.4, 0.5) is 8.78 Å². The fourth-order valence-electron chi connectivity index (χ4n) is 4.12. The zero-order valence-corrected chi connectivity index (χ0v) is 18.7. The highest BCUT2D eigenvalue weighted by atomic mass is 19.1. The number of imidazole rings is 1. The van der Waals surface area contributed by atoms with Gasteiger partial charge in [0, 0.05) is 28.2 Å². The summed E-state index contributed by atoms with van der Waals surface area (Å²) in [5.74, 6) is 0.832. The van der Waals surface area contributed by atoms with E-state index in [1.54, 1.807) is 25.3 Å². The van der Waals surface area contributed by atoms with Crippen LogP contribution in [0, 0.1) is 11.6 Å². The van der Waals surface area contributed by atoms with Crippen LogP contribution in [-0.4, -0.2) is 28.6 Å². The molecule has 7 heteroatoms. The Labute approximate surface area is 195 Å². The monoisotopic (exact) mass is 458 g/mol. The molecular weight excluding hydrogens is 434 g/mol. The number of benzene rings is 3. The van der Waals surface area contributed by atoms with Gasteiger partial charge in [0.05, 0.1) is 25.0 Å². The summed E-state index contributed by atoms with van der Waals surface area (Å²) < 4.78 is 33.1. The van der Waals surface area contributed by atoms with E-state index in [2.05, 4.69) is 15.3 Å². The minimum absolute atomic E-state index is 0.340. The van der Waals surface area contributed by atoms with Gasteiger partial charge in [0.2, 0.25) is 0 Å². The second-order valence-corrected chi connectivity index (χ2v) is 8.08. The molecule has 2 heterocycles. The number of halogens is 2. The highest BCUT2D eigenvalue weighted by Crippen LogP contribution is 2.31. The first-order valence-electron chi connectivity index (χ1n) is 11.1. The average molecular weight is 459 g/mol. The lowest BCUT2D eigenvalue weighted by Gasteiger charge is -2.04. The molecule has 34 heavy (non-hydrogen) atoms. The predicted molar refractivity (Wildman–Crippen MR) is 130 cm³/mol. The molecule has 0 saturated heterocycles. The first-order valence-corrected chi connectivity index (χ1v) is 11.1. The molecule has 0 aliphatic heterocycles. The predicted octanol–water partition coefficient (Wildman–Crippen LogP) is 5.84. The SMILES string of the molecule is COc1ccc2[nH]cc(CCNCc3nc(-c4cccc(F)c4)c(-c4cccc(F)c4)[nH]3)c2c1. The van der Waals surface area contributed by atoms with Gasteiger partial charge in [-0.25, -0.2) is 13.8 Å². The first kappa shape index (κ1) is 21.9. The molecule has 0 atom stereocenters. The van der Waals surface area contributed by atoms with Crippen LogP contribution in [0.25, 0.3) is 33.4 Å². The van der Waals surface area contributed by atoms with E-state index in [1.165, 1.54) is 29.8 Å². The molecule has 0 radical (unpaired) electrons. The van der Waals surface area contributed by atoms with Gasteiger partial charge >= 0.3 is 0 Å². The number of nitrogens with one attached hydrogen (secondary N) is 3. The molecule has 0 aliphatic rings. The molecule has 3 aromatic carbocycles. The summed E-state index contributed by atoms with van der Waals surface area (Å²) in [5, 5.41) is 4.55. The van der Waals surface area contributed by atoms with Crippen molar-refractivity contribution in [1.82, 2.24) is 20.3 Å². The Balaban J connectivity index is 1.34. The topological polar surface area (TPSA) is 65.7 Å². The highest BCUT2D eigenvalue weighted by Gasteiger charge is 2.15. The number of nitrogens with zero attached hydrogens (tertiary/aromatic N) is 1. The summed E-state index contributed by atoms with van der Waals surface area (Å²) in [6.45, 7) is 1.22. The van der Waals surface area contributed by atoms with E-state index < -0.39 is 0 Å². The molecule has 0 amide bonds. The lowest BCUT2D eigenvalue weighted by molar-refractivity contribution is 0.415. The van der Waals surface area contributed by atoms with E-state index in [4.69, 9.17) is 9.72 Å². The average Bonchev–Trinajstić information content (AvgIpc) is 3.46. The van der Waals surface area contributed by atoms with Crippen molar-refractivity contribution in [3.8, 4) is 28.3 Å². The zero-order valence-electron chi connectivity index (χ0n) is 18.7. The van der Waals surface area contributed by atoms with Crippen LogP contribution in [0.3, 0.4) is 0 Å². The third-order valence-corrected chi connectivity index (χ3v) is 5.80. The lowest BCUT2D eigenvalue weighted by atomic mass is 10.0. The number of fused-ring (bicyclic) bond motifs is 1. The molecular formula is C27H24F2N4O. The molecule has 0 aliphatic carbocycles. The molecule has 0 bridgehead atoms. The summed E-state index contributed by atoms with van der Waals surface area (Å²) >= 11 is 0. The Kier molecular flexibility index (Phi) is 6.10. The maximum absolute atomic E-state index is 13.9. The fraction of sp³-hybridized carbons (Fsp3) is 0.148. The molecule has 5 nitrogen and oxygen atoms in total. The molecule has 172 valence electrons. The summed E-state index contributed by atoms with van der Waals surface area (Å²) in [5.41, 5.74) is 4.81. The lowest BCUT2D eigenvalue weighted by Crippen LogP contribution is -2.17. The van der Waals surface area contributed by atoms with Gasteiger partial charge in [-0.3, -0.25) is 0 Å². The third-order valence-electron chi connectivity index (χ3n) is 5.80. The number of aromatic amines is 2. The molecule has 3 N–H and O–H groups in total. The van der Waals surface area contributed by atoms with Crippen molar-refractivity contribution < 1.29 is 13.5 Å². The van der Waals surface area contributed by atoms with E-state index in [-0.39, 0.29) is 11.6 Å². The normalized spacial score (nSPS) is 11.3. The maximum Gasteiger partial charge on any atom is 0.123 e. The van der Waals surface area contributed by atoms with Crippen LogP contribution in [0.5, 0.6) is 5.75 Å². The van der Waals surface area contributed by atoms with Crippen molar-refractivity contribution >= 4 is 10.9 Å². The van der Waals surface area contributed by atoms with Crippen molar-refractivity contribution in [3.05, 3.63) is 95.9 Å². The van der Waals surface area contributed by atoms with Gasteiger partial charge in [0.25, 0.3) is 0 Å². The van der Waals surface area contributed by atoms with E-state index in [0.717, 1.165) is 29.6 Å².